The first kappa shape index (κ1) is 12.1. The molecule has 0 amide bonds. The Labute approximate surface area is 79.4 Å². The Hall–Kier alpha value is -0.930. The lowest BCUT2D eigenvalue weighted by Crippen LogP contribution is -2.31. The van der Waals surface area contributed by atoms with Crippen LogP contribution in [0.5, 0.6) is 0 Å². The van der Waals surface area contributed by atoms with Gasteiger partial charge in [0, 0.05) is 0 Å². The lowest BCUT2D eigenvalue weighted by atomic mass is 10.1. The second kappa shape index (κ2) is 3.85. The van der Waals surface area contributed by atoms with Gasteiger partial charge in [-0.1, -0.05) is 0 Å². The summed E-state index contributed by atoms with van der Waals surface area (Å²) in [4.78, 5) is 11.2. The van der Waals surface area contributed by atoms with Crippen molar-refractivity contribution in [3.05, 3.63) is 0 Å². The molecule has 76 valence electrons. The van der Waals surface area contributed by atoms with Crippen molar-refractivity contribution in [1.29, 1.82) is 0 Å². The van der Waals surface area contributed by atoms with Crippen LogP contribution in [-0.4, -0.2) is 24.2 Å². The molecule has 0 fully saturated rings. The van der Waals surface area contributed by atoms with Gasteiger partial charge in [-0.25, -0.2) is 4.79 Å². The first-order valence-electron chi connectivity index (χ1n) is 4.21. The predicted molar refractivity (Wildman–Crippen MR) is 50.7 cm³/mol. The molecule has 0 saturated carbocycles. The van der Waals surface area contributed by atoms with Crippen LogP contribution in [-0.2, 0) is 9.53 Å². The minimum absolute atomic E-state index is 0.259. The minimum Gasteiger partial charge on any atom is -0.467 e. The topological polar surface area (TPSA) is 51.0 Å². The van der Waals surface area contributed by atoms with Crippen molar-refractivity contribution in [1.82, 2.24) is 0 Å². The van der Waals surface area contributed by atoms with E-state index in [0.717, 1.165) is 0 Å². The lowest BCUT2D eigenvalue weighted by Gasteiger charge is -2.17. The van der Waals surface area contributed by atoms with Gasteiger partial charge in [-0.05, 0) is 34.6 Å². The molecular formula is C9H18N2O2. The monoisotopic (exact) mass is 186 g/mol. The molecule has 0 rings (SSSR count). The number of carbonyl (C=O) groups is 1. The fraction of sp³-hybridized carbons (Fsp3) is 0.889. The van der Waals surface area contributed by atoms with Gasteiger partial charge in [-0.15, -0.1) is 0 Å². The van der Waals surface area contributed by atoms with Crippen LogP contribution in [0.1, 0.15) is 34.6 Å². The molecule has 13 heavy (non-hydrogen) atoms. The Morgan fingerprint density at radius 1 is 1.08 bits per heavy atom. The number of carbonyl (C=O) groups excluding carboxylic acids is 1. The quantitative estimate of drug-likeness (QED) is 0.490. The van der Waals surface area contributed by atoms with E-state index < -0.39 is 5.54 Å². The van der Waals surface area contributed by atoms with Crippen LogP contribution in [0.4, 0.5) is 0 Å². The Morgan fingerprint density at radius 2 is 1.54 bits per heavy atom. The molecule has 0 spiro atoms. The van der Waals surface area contributed by atoms with E-state index >= 15 is 0 Å². The average molecular weight is 186 g/mol. The van der Waals surface area contributed by atoms with Crippen LogP contribution in [0.15, 0.2) is 10.2 Å². The summed E-state index contributed by atoms with van der Waals surface area (Å²) in [5.74, 6) is -0.375. The molecule has 0 N–H and O–H groups in total. The molecule has 0 unspecified atom stereocenters. The van der Waals surface area contributed by atoms with E-state index in [-0.39, 0.29) is 11.5 Å². The number of esters is 1. The van der Waals surface area contributed by atoms with Gasteiger partial charge in [0.25, 0.3) is 0 Å². The van der Waals surface area contributed by atoms with Crippen molar-refractivity contribution >= 4 is 5.97 Å². The van der Waals surface area contributed by atoms with Gasteiger partial charge in [0.2, 0.25) is 0 Å². The maximum Gasteiger partial charge on any atom is 0.335 e. The minimum atomic E-state index is -0.887. The van der Waals surface area contributed by atoms with E-state index in [1.54, 1.807) is 13.8 Å². The summed E-state index contributed by atoms with van der Waals surface area (Å²) < 4.78 is 4.59. The normalized spacial score (nSPS) is 13.4. The number of nitrogens with zero attached hydrogens (tertiary/aromatic N) is 2. The van der Waals surface area contributed by atoms with Crippen molar-refractivity contribution < 1.29 is 9.53 Å². The highest BCUT2D eigenvalue weighted by molar-refractivity contribution is 5.79. The van der Waals surface area contributed by atoms with Gasteiger partial charge in [-0.3, -0.25) is 0 Å². The van der Waals surface area contributed by atoms with Gasteiger partial charge in [0.15, 0.2) is 5.54 Å². The van der Waals surface area contributed by atoms with Gasteiger partial charge >= 0.3 is 5.97 Å². The van der Waals surface area contributed by atoms with Gasteiger partial charge in [-0.2, -0.15) is 10.2 Å². The van der Waals surface area contributed by atoms with Crippen molar-refractivity contribution in [2.75, 3.05) is 7.11 Å². The molecule has 0 radical (unpaired) electrons. The number of hydrogen-bond acceptors (Lipinski definition) is 4. The molecule has 0 atom stereocenters. The number of ether oxygens (including phenoxy) is 1. The zero-order chi connectivity index (χ0) is 10.7. The summed E-state index contributed by atoms with van der Waals surface area (Å²) in [6, 6.07) is 0. The van der Waals surface area contributed by atoms with Crippen LogP contribution in [0, 0.1) is 0 Å². The zero-order valence-electron chi connectivity index (χ0n) is 9.21. The fourth-order valence-electron chi connectivity index (χ4n) is 0.566. The molecule has 0 aromatic rings. The average Bonchev–Trinajstić information content (AvgIpc) is 1.98. The SMILES string of the molecule is COC(=O)C(C)(C)N=NC(C)(C)C. The Morgan fingerprint density at radius 3 is 1.85 bits per heavy atom. The van der Waals surface area contributed by atoms with E-state index in [2.05, 4.69) is 15.0 Å². The molecule has 0 aromatic carbocycles. The van der Waals surface area contributed by atoms with E-state index in [0.29, 0.717) is 0 Å². The fourth-order valence-corrected chi connectivity index (χ4v) is 0.566. The smallest absolute Gasteiger partial charge is 0.335 e. The van der Waals surface area contributed by atoms with Crippen LogP contribution in [0.25, 0.3) is 0 Å². The summed E-state index contributed by atoms with van der Waals surface area (Å²) in [5.41, 5.74) is -1.15. The molecule has 0 bridgehead atoms. The van der Waals surface area contributed by atoms with Crippen molar-refractivity contribution in [2.24, 2.45) is 10.2 Å². The van der Waals surface area contributed by atoms with Crippen LogP contribution in [0.2, 0.25) is 0 Å². The number of azo groups is 1. The largest absolute Gasteiger partial charge is 0.467 e. The predicted octanol–water partition coefficient (Wildman–Crippen LogP) is 2.19. The summed E-state index contributed by atoms with van der Waals surface area (Å²) >= 11 is 0. The standard InChI is InChI=1S/C9H18N2O2/c1-8(2,3)10-11-9(4,5)7(12)13-6/h1-6H3. The molecule has 0 aliphatic rings. The number of methoxy groups -OCH3 is 1. The lowest BCUT2D eigenvalue weighted by molar-refractivity contribution is -0.145. The van der Waals surface area contributed by atoms with Gasteiger partial charge in [0.05, 0.1) is 12.6 Å². The molecule has 0 heterocycles. The second-order valence-corrected chi connectivity index (χ2v) is 4.42. The van der Waals surface area contributed by atoms with E-state index in [4.69, 9.17) is 0 Å². The maximum atomic E-state index is 11.2. The Balaban J connectivity index is 4.51. The molecule has 4 heteroatoms. The molecular weight excluding hydrogens is 168 g/mol. The summed E-state index contributed by atoms with van der Waals surface area (Å²) in [7, 11) is 1.34. The van der Waals surface area contributed by atoms with Crippen LogP contribution in [0.3, 0.4) is 0 Å². The van der Waals surface area contributed by atoms with Crippen LogP contribution >= 0.6 is 0 Å². The highest BCUT2D eigenvalue weighted by Crippen LogP contribution is 2.16. The highest BCUT2D eigenvalue weighted by atomic mass is 16.5. The molecule has 0 aromatic heterocycles. The Kier molecular flexibility index (Phi) is 3.58. The third kappa shape index (κ3) is 4.60. The molecule has 0 aliphatic heterocycles. The first-order chi connectivity index (χ1) is 5.69. The van der Waals surface area contributed by atoms with Crippen LogP contribution < -0.4 is 0 Å². The van der Waals surface area contributed by atoms with Crippen molar-refractivity contribution in [2.45, 2.75) is 45.7 Å². The molecule has 4 nitrogen and oxygen atoms in total. The highest BCUT2D eigenvalue weighted by Gasteiger charge is 2.29. The Bertz CT molecular complexity index is 214. The number of hydrogen-bond donors (Lipinski definition) is 0. The third-order valence-corrected chi connectivity index (χ3v) is 1.28. The summed E-state index contributed by atoms with van der Waals surface area (Å²) in [6.07, 6.45) is 0. The van der Waals surface area contributed by atoms with Gasteiger partial charge in [0.1, 0.15) is 0 Å². The summed E-state index contributed by atoms with van der Waals surface area (Å²) in [6.45, 7) is 9.11. The number of rotatable bonds is 2. The van der Waals surface area contributed by atoms with E-state index in [9.17, 15) is 4.79 Å². The van der Waals surface area contributed by atoms with Crippen molar-refractivity contribution in [3.8, 4) is 0 Å². The maximum absolute atomic E-state index is 11.2. The first-order valence-corrected chi connectivity index (χ1v) is 4.21. The molecule has 0 aliphatic carbocycles. The molecule has 0 saturated heterocycles. The van der Waals surface area contributed by atoms with E-state index in [1.807, 2.05) is 20.8 Å². The second-order valence-electron chi connectivity index (χ2n) is 4.42. The third-order valence-electron chi connectivity index (χ3n) is 1.28. The van der Waals surface area contributed by atoms with E-state index in [1.165, 1.54) is 7.11 Å². The van der Waals surface area contributed by atoms with Crippen molar-refractivity contribution in [3.63, 3.8) is 0 Å². The summed E-state index contributed by atoms with van der Waals surface area (Å²) in [5, 5.41) is 7.97. The zero-order valence-corrected chi connectivity index (χ0v) is 9.21. The van der Waals surface area contributed by atoms with Gasteiger partial charge < -0.3 is 4.74 Å².